The largest absolute Gasteiger partial charge is 0.433 e. The molecular weight excluding hydrogens is 266 g/mol. The second-order valence-corrected chi connectivity index (χ2v) is 5.23. The molecule has 0 aliphatic rings. The Morgan fingerprint density at radius 2 is 1.86 bits per heavy atom. The lowest BCUT2D eigenvalue weighted by Gasteiger charge is -2.02. The first-order valence-corrected chi connectivity index (χ1v) is 7.50. The highest BCUT2D eigenvalue weighted by atomic mass is 16.6. The minimum Gasteiger partial charge on any atom is -0.406 e. The Balaban J connectivity index is 1.98. The molecule has 4 nitrogen and oxygen atoms in total. The average molecular weight is 287 g/mol. The SMILES string of the molecule is CCCCc1oc([N+](=O)[O-])cc1CCCc1ccccc1. The molecule has 1 heterocycles. The summed E-state index contributed by atoms with van der Waals surface area (Å²) in [5.41, 5.74) is 2.29. The van der Waals surface area contributed by atoms with Crippen molar-refractivity contribution in [2.45, 2.75) is 45.4 Å². The monoisotopic (exact) mass is 287 g/mol. The van der Waals surface area contributed by atoms with Gasteiger partial charge in [-0.1, -0.05) is 43.7 Å². The summed E-state index contributed by atoms with van der Waals surface area (Å²) in [6, 6.07) is 11.9. The molecule has 0 atom stereocenters. The van der Waals surface area contributed by atoms with Crippen molar-refractivity contribution in [2.24, 2.45) is 0 Å². The summed E-state index contributed by atoms with van der Waals surface area (Å²) < 4.78 is 5.38. The Morgan fingerprint density at radius 3 is 2.52 bits per heavy atom. The van der Waals surface area contributed by atoms with Gasteiger partial charge in [-0.2, -0.15) is 0 Å². The summed E-state index contributed by atoms with van der Waals surface area (Å²) in [6.45, 7) is 2.10. The molecule has 0 bridgehead atoms. The number of benzene rings is 1. The van der Waals surface area contributed by atoms with Crippen LogP contribution in [-0.2, 0) is 19.3 Å². The molecule has 0 aliphatic heterocycles. The quantitative estimate of drug-likeness (QED) is 0.522. The van der Waals surface area contributed by atoms with E-state index in [9.17, 15) is 10.1 Å². The van der Waals surface area contributed by atoms with E-state index in [0.717, 1.165) is 49.8 Å². The van der Waals surface area contributed by atoms with Gasteiger partial charge >= 0.3 is 5.88 Å². The lowest BCUT2D eigenvalue weighted by molar-refractivity contribution is -0.402. The number of rotatable bonds is 8. The minimum absolute atomic E-state index is 0.129. The Kier molecular flexibility index (Phi) is 5.55. The van der Waals surface area contributed by atoms with E-state index in [4.69, 9.17) is 4.42 Å². The Hall–Kier alpha value is -2.10. The summed E-state index contributed by atoms with van der Waals surface area (Å²) in [7, 11) is 0. The van der Waals surface area contributed by atoms with E-state index in [1.807, 2.05) is 18.2 Å². The van der Waals surface area contributed by atoms with Crippen molar-refractivity contribution in [3.63, 3.8) is 0 Å². The lowest BCUT2D eigenvalue weighted by atomic mass is 10.0. The van der Waals surface area contributed by atoms with E-state index in [0.29, 0.717) is 0 Å². The molecule has 0 radical (unpaired) electrons. The van der Waals surface area contributed by atoms with Crippen LogP contribution in [0.25, 0.3) is 0 Å². The fourth-order valence-electron chi connectivity index (χ4n) is 2.43. The van der Waals surface area contributed by atoms with Crippen molar-refractivity contribution in [1.82, 2.24) is 0 Å². The third-order valence-electron chi connectivity index (χ3n) is 3.58. The molecule has 2 aromatic rings. The minimum atomic E-state index is -0.448. The molecule has 0 amide bonds. The fourth-order valence-corrected chi connectivity index (χ4v) is 2.43. The number of hydrogen-bond acceptors (Lipinski definition) is 3. The van der Waals surface area contributed by atoms with Gasteiger partial charge in [0.05, 0.1) is 6.07 Å². The van der Waals surface area contributed by atoms with Gasteiger partial charge < -0.3 is 4.42 Å². The fraction of sp³-hybridized carbons (Fsp3) is 0.412. The number of nitro groups is 1. The number of hydrogen-bond donors (Lipinski definition) is 0. The van der Waals surface area contributed by atoms with Crippen LogP contribution in [0.2, 0.25) is 0 Å². The Morgan fingerprint density at radius 1 is 1.10 bits per heavy atom. The molecular formula is C17H21NO3. The summed E-state index contributed by atoms with van der Waals surface area (Å²) in [6.07, 6.45) is 5.61. The van der Waals surface area contributed by atoms with Crippen LogP contribution in [0.4, 0.5) is 5.88 Å². The zero-order valence-electron chi connectivity index (χ0n) is 12.4. The first-order chi connectivity index (χ1) is 10.2. The highest BCUT2D eigenvalue weighted by molar-refractivity contribution is 5.29. The van der Waals surface area contributed by atoms with Gasteiger partial charge in [0.25, 0.3) is 0 Å². The summed E-state index contributed by atoms with van der Waals surface area (Å²) in [5, 5.41) is 10.8. The molecule has 4 heteroatoms. The molecule has 0 N–H and O–H groups in total. The van der Waals surface area contributed by atoms with Gasteiger partial charge in [-0.05, 0) is 31.2 Å². The molecule has 0 fully saturated rings. The molecule has 0 unspecified atom stereocenters. The average Bonchev–Trinajstić information content (AvgIpc) is 2.90. The van der Waals surface area contributed by atoms with Crippen molar-refractivity contribution >= 4 is 5.88 Å². The highest BCUT2D eigenvalue weighted by Gasteiger charge is 2.18. The van der Waals surface area contributed by atoms with E-state index in [-0.39, 0.29) is 5.88 Å². The zero-order chi connectivity index (χ0) is 15.1. The van der Waals surface area contributed by atoms with E-state index >= 15 is 0 Å². The van der Waals surface area contributed by atoms with E-state index in [1.165, 1.54) is 5.56 Å². The molecule has 0 saturated carbocycles. The predicted molar refractivity (Wildman–Crippen MR) is 82.4 cm³/mol. The number of nitrogens with zero attached hydrogens (tertiary/aromatic N) is 1. The van der Waals surface area contributed by atoms with Gasteiger partial charge in [0, 0.05) is 12.0 Å². The third kappa shape index (κ3) is 4.45. The molecule has 0 spiro atoms. The van der Waals surface area contributed by atoms with Crippen molar-refractivity contribution in [2.75, 3.05) is 0 Å². The molecule has 0 aliphatic carbocycles. The number of furan rings is 1. The lowest BCUT2D eigenvalue weighted by Crippen LogP contribution is -1.93. The normalized spacial score (nSPS) is 10.7. The maximum Gasteiger partial charge on any atom is 0.433 e. The summed E-state index contributed by atoms with van der Waals surface area (Å²) in [5.74, 6) is 0.660. The topological polar surface area (TPSA) is 56.3 Å². The van der Waals surface area contributed by atoms with Crippen LogP contribution in [0.5, 0.6) is 0 Å². The van der Waals surface area contributed by atoms with Gasteiger partial charge in [0.15, 0.2) is 0 Å². The van der Waals surface area contributed by atoms with Crippen LogP contribution in [0.15, 0.2) is 40.8 Å². The number of unbranched alkanes of at least 4 members (excludes halogenated alkanes) is 1. The second kappa shape index (κ2) is 7.62. The molecule has 2 rings (SSSR count). The third-order valence-corrected chi connectivity index (χ3v) is 3.58. The second-order valence-electron chi connectivity index (χ2n) is 5.23. The van der Waals surface area contributed by atoms with Gasteiger partial charge in [-0.25, -0.2) is 0 Å². The standard InChI is InChI=1S/C17H21NO3/c1-2-3-12-16-15(13-17(21-16)18(19)20)11-7-10-14-8-5-4-6-9-14/h4-6,8-9,13H,2-3,7,10-12H2,1H3. The van der Waals surface area contributed by atoms with Gasteiger partial charge in [-0.15, -0.1) is 0 Å². The van der Waals surface area contributed by atoms with E-state index in [2.05, 4.69) is 19.1 Å². The van der Waals surface area contributed by atoms with E-state index in [1.54, 1.807) is 6.07 Å². The van der Waals surface area contributed by atoms with Crippen LogP contribution in [0.1, 0.15) is 43.1 Å². The highest BCUT2D eigenvalue weighted by Crippen LogP contribution is 2.25. The predicted octanol–water partition coefficient (Wildman–Crippen LogP) is 4.71. The van der Waals surface area contributed by atoms with Gasteiger partial charge in [0.1, 0.15) is 10.7 Å². The maximum atomic E-state index is 10.8. The van der Waals surface area contributed by atoms with E-state index < -0.39 is 4.92 Å². The molecule has 112 valence electrons. The molecule has 1 aromatic heterocycles. The Labute approximate surface area is 124 Å². The van der Waals surface area contributed by atoms with Crippen LogP contribution in [0, 0.1) is 10.1 Å². The smallest absolute Gasteiger partial charge is 0.406 e. The van der Waals surface area contributed by atoms with Crippen LogP contribution < -0.4 is 0 Å². The maximum absolute atomic E-state index is 10.8. The van der Waals surface area contributed by atoms with Crippen molar-refractivity contribution in [3.05, 3.63) is 63.4 Å². The molecule has 21 heavy (non-hydrogen) atoms. The van der Waals surface area contributed by atoms with Crippen LogP contribution in [0.3, 0.4) is 0 Å². The Bertz CT molecular complexity index is 575. The van der Waals surface area contributed by atoms with Crippen molar-refractivity contribution in [3.8, 4) is 0 Å². The zero-order valence-corrected chi connectivity index (χ0v) is 12.4. The summed E-state index contributed by atoms with van der Waals surface area (Å²) >= 11 is 0. The van der Waals surface area contributed by atoms with Gasteiger partial charge in [0.2, 0.25) is 0 Å². The van der Waals surface area contributed by atoms with Crippen molar-refractivity contribution < 1.29 is 9.34 Å². The van der Waals surface area contributed by atoms with Crippen LogP contribution >= 0.6 is 0 Å². The summed E-state index contributed by atoms with van der Waals surface area (Å²) in [4.78, 5) is 10.4. The number of aryl methyl sites for hydroxylation is 3. The van der Waals surface area contributed by atoms with Gasteiger partial charge in [-0.3, -0.25) is 10.1 Å². The molecule has 1 aromatic carbocycles. The van der Waals surface area contributed by atoms with Crippen LogP contribution in [-0.4, -0.2) is 4.92 Å². The van der Waals surface area contributed by atoms with Crippen molar-refractivity contribution in [1.29, 1.82) is 0 Å². The molecule has 0 saturated heterocycles. The first kappa shape index (κ1) is 15.3. The first-order valence-electron chi connectivity index (χ1n) is 7.50.